The SMILES string of the molecule is COc1ccn2c(C3CCCN3)nc(Br)c2c1. The number of imidazole rings is 1. The van der Waals surface area contributed by atoms with Gasteiger partial charge < -0.3 is 14.5 Å². The maximum absolute atomic E-state index is 5.23. The summed E-state index contributed by atoms with van der Waals surface area (Å²) in [6.45, 7) is 1.08. The van der Waals surface area contributed by atoms with Crippen molar-refractivity contribution in [1.82, 2.24) is 14.7 Å². The summed E-state index contributed by atoms with van der Waals surface area (Å²) in [5.41, 5.74) is 1.05. The summed E-state index contributed by atoms with van der Waals surface area (Å²) < 4.78 is 8.23. The molecular weight excluding hydrogens is 282 g/mol. The Morgan fingerprint density at radius 2 is 2.47 bits per heavy atom. The fourth-order valence-corrected chi connectivity index (χ4v) is 2.82. The summed E-state index contributed by atoms with van der Waals surface area (Å²) in [5.74, 6) is 1.93. The molecule has 4 nitrogen and oxygen atoms in total. The van der Waals surface area contributed by atoms with Gasteiger partial charge >= 0.3 is 0 Å². The molecule has 1 N–H and O–H groups in total. The Morgan fingerprint density at radius 1 is 1.59 bits per heavy atom. The summed E-state index contributed by atoms with van der Waals surface area (Å²) in [4.78, 5) is 4.61. The topological polar surface area (TPSA) is 38.6 Å². The van der Waals surface area contributed by atoms with Crippen molar-refractivity contribution in [2.45, 2.75) is 18.9 Å². The Hall–Kier alpha value is -1.07. The van der Waals surface area contributed by atoms with Crippen molar-refractivity contribution in [3.63, 3.8) is 0 Å². The van der Waals surface area contributed by atoms with Crippen molar-refractivity contribution in [2.75, 3.05) is 13.7 Å². The van der Waals surface area contributed by atoms with E-state index in [1.54, 1.807) is 7.11 Å². The summed E-state index contributed by atoms with van der Waals surface area (Å²) in [5, 5.41) is 3.47. The summed E-state index contributed by atoms with van der Waals surface area (Å²) in [6.07, 6.45) is 4.38. The van der Waals surface area contributed by atoms with Crippen LogP contribution in [-0.2, 0) is 0 Å². The Bertz CT molecular complexity index is 546. The van der Waals surface area contributed by atoms with Gasteiger partial charge in [-0.25, -0.2) is 4.98 Å². The molecule has 1 aliphatic rings. The minimum absolute atomic E-state index is 0.363. The minimum atomic E-state index is 0.363. The van der Waals surface area contributed by atoms with E-state index in [0.717, 1.165) is 34.7 Å². The first-order valence-corrected chi connectivity index (χ1v) is 6.54. The van der Waals surface area contributed by atoms with E-state index in [4.69, 9.17) is 4.74 Å². The highest BCUT2D eigenvalue weighted by Gasteiger charge is 2.22. The van der Waals surface area contributed by atoms with Gasteiger partial charge in [0, 0.05) is 12.3 Å². The molecular formula is C12H14BrN3O. The number of rotatable bonds is 2. The van der Waals surface area contributed by atoms with Crippen molar-refractivity contribution in [1.29, 1.82) is 0 Å². The average molecular weight is 296 g/mol. The van der Waals surface area contributed by atoms with E-state index in [0.29, 0.717) is 6.04 Å². The standard InChI is InChI=1S/C12H14BrN3O/c1-17-8-4-6-16-10(7-8)11(13)15-12(16)9-3-2-5-14-9/h4,6-7,9,14H,2-3,5H2,1H3. The van der Waals surface area contributed by atoms with Gasteiger partial charge in [-0.05, 0) is 41.4 Å². The molecule has 0 bridgehead atoms. The van der Waals surface area contributed by atoms with E-state index in [1.165, 1.54) is 6.42 Å². The molecule has 0 aromatic carbocycles. The van der Waals surface area contributed by atoms with Crippen LogP contribution in [0.4, 0.5) is 0 Å². The molecule has 1 fully saturated rings. The maximum Gasteiger partial charge on any atom is 0.132 e. The van der Waals surface area contributed by atoms with Gasteiger partial charge in [0.15, 0.2) is 0 Å². The number of hydrogen-bond acceptors (Lipinski definition) is 3. The van der Waals surface area contributed by atoms with Crippen LogP contribution in [0.3, 0.4) is 0 Å². The lowest BCUT2D eigenvalue weighted by Gasteiger charge is -2.09. The smallest absolute Gasteiger partial charge is 0.132 e. The van der Waals surface area contributed by atoms with Gasteiger partial charge in [0.1, 0.15) is 16.2 Å². The Labute approximate surface area is 108 Å². The van der Waals surface area contributed by atoms with Gasteiger partial charge in [-0.15, -0.1) is 0 Å². The normalized spacial score (nSPS) is 20.0. The van der Waals surface area contributed by atoms with Gasteiger partial charge in [0.2, 0.25) is 0 Å². The number of fused-ring (bicyclic) bond motifs is 1. The number of pyridine rings is 1. The number of halogens is 1. The molecule has 17 heavy (non-hydrogen) atoms. The second-order valence-corrected chi connectivity index (χ2v) is 4.98. The van der Waals surface area contributed by atoms with Crippen LogP contribution in [0.5, 0.6) is 5.75 Å². The van der Waals surface area contributed by atoms with Gasteiger partial charge in [-0.1, -0.05) is 0 Å². The molecule has 1 atom stereocenters. The van der Waals surface area contributed by atoms with E-state index in [2.05, 4.69) is 30.6 Å². The van der Waals surface area contributed by atoms with Crippen molar-refractivity contribution >= 4 is 21.4 Å². The van der Waals surface area contributed by atoms with Crippen LogP contribution in [0.15, 0.2) is 22.9 Å². The number of hydrogen-bond donors (Lipinski definition) is 1. The number of aromatic nitrogens is 2. The molecule has 2 aromatic rings. The zero-order valence-electron chi connectivity index (χ0n) is 9.61. The lowest BCUT2D eigenvalue weighted by atomic mass is 10.2. The first kappa shape index (κ1) is 11.0. The van der Waals surface area contributed by atoms with Crippen LogP contribution >= 0.6 is 15.9 Å². The van der Waals surface area contributed by atoms with Crippen LogP contribution in [-0.4, -0.2) is 23.0 Å². The molecule has 0 amide bonds. The van der Waals surface area contributed by atoms with Crippen LogP contribution in [0.2, 0.25) is 0 Å². The van der Waals surface area contributed by atoms with Gasteiger partial charge in [-0.2, -0.15) is 0 Å². The molecule has 2 aromatic heterocycles. The molecule has 3 heterocycles. The van der Waals surface area contributed by atoms with Crippen molar-refractivity contribution < 1.29 is 4.74 Å². The van der Waals surface area contributed by atoms with Crippen LogP contribution in [0, 0.1) is 0 Å². The molecule has 0 radical (unpaired) electrons. The predicted molar refractivity (Wildman–Crippen MR) is 69.4 cm³/mol. The van der Waals surface area contributed by atoms with Crippen molar-refractivity contribution in [2.24, 2.45) is 0 Å². The maximum atomic E-state index is 5.23. The monoisotopic (exact) mass is 295 g/mol. The fraction of sp³-hybridized carbons (Fsp3) is 0.417. The zero-order valence-corrected chi connectivity index (χ0v) is 11.2. The third-order valence-corrected chi connectivity index (χ3v) is 3.79. The molecule has 1 unspecified atom stereocenters. The van der Waals surface area contributed by atoms with E-state index < -0.39 is 0 Å². The fourth-order valence-electron chi connectivity index (χ4n) is 2.33. The summed E-state index contributed by atoms with van der Waals surface area (Å²) in [6, 6.07) is 4.32. The average Bonchev–Trinajstić information content (AvgIpc) is 2.97. The van der Waals surface area contributed by atoms with Crippen LogP contribution in [0.1, 0.15) is 24.7 Å². The first-order chi connectivity index (χ1) is 8.29. The molecule has 1 saturated heterocycles. The summed E-state index contributed by atoms with van der Waals surface area (Å²) >= 11 is 3.51. The molecule has 3 rings (SSSR count). The van der Waals surface area contributed by atoms with Gasteiger partial charge in [-0.3, -0.25) is 0 Å². The molecule has 0 spiro atoms. The molecule has 0 aliphatic carbocycles. The second-order valence-electron chi connectivity index (χ2n) is 4.23. The number of ether oxygens (including phenoxy) is 1. The quantitative estimate of drug-likeness (QED) is 0.925. The number of nitrogens with zero attached hydrogens (tertiary/aromatic N) is 2. The van der Waals surface area contributed by atoms with E-state index in [-0.39, 0.29) is 0 Å². The highest BCUT2D eigenvalue weighted by atomic mass is 79.9. The highest BCUT2D eigenvalue weighted by molar-refractivity contribution is 9.10. The van der Waals surface area contributed by atoms with E-state index in [9.17, 15) is 0 Å². The van der Waals surface area contributed by atoms with Crippen LogP contribution in [0.25, 0.3) is 5.52 Å². The predicted octanol–water partition coefficient (Wildman–Crippen LogP) is 2.53. The number of methoxy groups -OCH3 is 1. The largest absolute Gasteiger partial charge is 0.497 e. The lowest BCUT2D eigenvalue weighted by molar-refractivity contribution is 0.414. The lowest BCUT2D eigenvalue weighted by Crippen LogP contribution is -2.15. The van der Waals surface area contributed by atoms with E-state index in [1.807, 2.05) is 18.3 Å². The van der Waals surface area contributed by atoms with Crippen molar-refractivity contribution in [3.8, 4) is 5.75 Å². The Morgan fingerprint density at radius 3 is 3.18 bits per heavy atom. The third kappa shape index (κ3) is 1.83. The Balaban J connectivity index is 2.13. The Kier molecular flexibility index (Phi) is 2.80. The first-order valence-electron chi connectivity index (χ1n) is 5.74. The zero-order chi connectivity index (χ0) is 11.8. The highest BCUT2D eigenvalue weighted by Crippen LogP contribution is 2.29. The van der Waals surface area contributed by atoms with Gasteiger partial charge in [0.25, 0.3) is 0 Å². The number of nitrogens with one attached hydrogen (secondary N) is 1. The third-order valence-electron chi connectivity index (χ3n) is 3.20. The molecule has 90 valence electrons. The summed E-state index contributed by atoms with van der Waals surface area (Å²) in [7, 11) is 1.68. The van der Waals surface area contributed by atoms with Crippen LogP contribution < -0.4 is 10.1 Å². The van der Waals surface area contributed by atoms with E-state index >= 15 is 0 Å². The molecule has 0 saturated carbocycles. The molecule has 1 aliphatic heterocycles. The minimum Gasteiger partial charge on any atom is -0.497 e. The van der Waals surface area contributed by atoms with Crippen molar-refractivity contribution in [3.05, 3.63) is 28.8 Å². The van der Waals surface area contributed by atoms with Gasteiger partial charge in [0.05, 0.1) is 18.7 Å². The second kappa shape index (κ2) is 4.31. The molecule has 5 heteroatoms.